The van der Waals surface area contributed by atoms with Crippen molar-refractivity contribution in [1.82, 2.24) is 25.9 Å². The maximum Gasteiger partial charge on any atom is 0.358 e. The number of rotatable bonds is 4. The van der Waals surface area contributed by atoms with Gasteiger partial charge in [0.15, 0.2) is 0 Å². The molecule has 196 valence electrons. The van der Waals surface area contributed by atoms with Crippen LogP contribution in [0.1, 0.15) is 46.1 Å². The van der Waals surface area contributed by atoms with Gasteiger partial charge >= 0.3 is 12.1 Å². The third-order valence-electron chi connectivity index (χ3n) is 5.38. The van der Waals surface area contributed by atoms with E-state index in [1.54, 1.807) is 24.7 Å². The van der Waals surface area contributed by atoms with Crippen LogP contribution in [0.25, 0.3) is 0 Å². The summed E-state index contributed by atoms with van der Waals surface area (Å²) in [6.45, 7) is 8.27. The first kappa shape index (κ1) is 25.7. The lowest BCUT2D eigenvalue weighted by Gasteiger charge is -2.22. The Morgan fingerprint density at radius 3 is 2.05 bits per heavy atom. The van der Waals surface area contributed by atoms with Crippen LogP contribution in [-0.4, -0.2) is 80.4 Å². The minimum absolute atomic E-state index is 0.251. The molecule has 0 aromatic carbocycles. The number of aromatic nitrogens is 1. The summed E-state index contributed by atoms with van der Waals surface area (Å²) in [5.41, 5.74) is 7.64. The molecule has 5 heterocycles. The van der Waals surface area contributed by atoms with Gasteiger partial charge in [-0.25, -0.2) is 31.3 Å². The summed E-state index contributed by atoms with van der Waals surface area (Å²) >= 11 is 0. The van der Waals surface area contributed by atoms with Crippen LogP contribution in [0.3, 0.4) is 0 Å². The summed E-state index contributed by atoms with van der Waals surface area (Å²) in [7, 11) is 0. The standard InChI is InChI=1S/C14H16N6O2.C8H13N5O2/c1-14(2)6-11(19-22-14)12-9-20(13(21)18-17-12)16-8-10-4-3-5-15-7-10;1-8(2)3-5(12-15-8)6-4-13(9)7(14)11-10-6/h3-5,7-8H,6,9H2,1-2H3,(H,18,21);3-4,9H2,1-2H3,(H,11,14)/b16-8+;. The first-order valence-corrected chi connectivity index (χ1v) is 11.5. The second-order valence-corrected chi connectivity index (χ2v) is 9.80. The molecule has 4 N–H and O–H groups in total. The number of hydrazine groups is 1. The number of nitrogens with one attached hydrogen (secondary N) is 2. The quantitative estimate of drug-likeness (QED) is 0.309. The second-order valence-electron chi connectivity index (χ2n) is 9.80. The van der Waals surface area contributed by atoms with Crippen LogP contribution in [-0.2, 0) is 9.68 Å². The van der Waals surface area contributed by atoms with Crippen molar-refractivity contribution in [2.75, 3.05) is 13.1 Å². The molecule has 4 amide bonds. The molecule has 15 nitrogen and oxygen atoms in total. The van der Waals surface area contributed by atoms with Gasteiger partial charge in [0.05, 0.1) is 19.3 Å². The van der Waals surface area contributed by atoms with E-state index in [0.29, 0.717) is 24.3 Å². The van der Waals surface area contributed by atoms with Gasteiger partial charge in [-0.15, -0.1) is 0 Å². The lowest BCUT2D eigenvalue weighted by atomic mass is 10.00. The lowest BCUT2D eigenvalue weighted by Crippen LogP contribution is -2.51. The molecule has 5 rings (SSSR count). The first-order valence-electron chi connectivity index (χ1n) is 11.5. The van der Waals surface area contributed by atoms with E-state index < -0.39 is 6.03 Å². The number of urea groups is 2. The van der Waals surface area contributed by atoms with E-state index in [-0.39, 0.29) is 30.3 Å². The number of nitrogens with two attached hydrogens (primary N) is 1. The number of hydrogen-bond acceptors (Lipinski definition) is 11. The molecule has 0 aliphatic carbocycles. The third-order valence-corrected chi connectivity index (χ3v) is 5.38. The van der Waals surface area contributed by atoms with Gasteiger partial charge in [-0.2, -0.15) is 15.3 Å². The highest BCUT2D eigenvalue weighted by molar-refractivity contribution is 6.44. The minimum Gasteiger partial charge on any atom is -0.389 e. The number of pyridine rings is 1. The fourth-order valence-electron chi connectivity index (χ4n) is 3.47. The van der Waals surface area contributed by atoms with Crippen molar-refractivity contribution >= 4 is 41.1 Å². The fraction of sp³-hybridized carbons (Fsp3) is 0.455. The van der Waals surface area contributed by atoms with E-state index in [4.69, 9.17) is 15.5 Å². The van der Waals surface area contributed by atoms with Gasteiger partial charge in [0.25, 0.3) is 0 Å². The topological polar surface area (TPSA) is 184 Å². The number of hydrazone groups is 3. The van der Waals surface area contributed by atoms with Crippen LogP contribution in [0.5, 0.6) is 0 Å². The highest BCUT2D eigenvalue weighted by Gasteiger charge is 2.35. The number of carbonyl (C=O) groups excluding carboxylic acids is 2. The Kier molecular flexibility index (Phi) is 7.15. The van der Waals surface area contributed by atoms with Crippen molar-refractivity contribution in [2.24, 2.45) is 31.5 Å². The van der Waals surface area contributed by atoms with E-state index in [9.17, 15) is 9.59 Å². The molecule has 37 heavy (non-hydrogen) atoms. The van der Waals surface area contributed by atoms with Crippen molar-refractivity contribution in [3.63, 3.8) is 0 Å². The highest BCUT2D eigenvalue weighted by atomic mass is 16.7. The van der Waals surface area contributed by atoms with Crippen molar-refractivity contribution < 1.29 is 19.3 Å². The number of carbonyl (C=O) groups is 2. The Bertz CT molecular complexity index is 1200. The van der Waals surface area contributed by atoms with Crippen LogP contribution in [0.4, 0.5) is 9.59 Å². The van der Waals surface area contributed by atoms with E-state index in [1.165, 1.54) is 5.01 Å². The molecule has 0 radical (unpaired) electrons. The van der Waals surface area contributed by atoms with Crippen molar-refractivity contribution in [1.29, 1.82) is 0 Å². The summed E-state index contributed by atoms with van der Waals surface area (Å²) in [5.74, 6) is 5.45. The van der Waals surface area contributed by atoms with Gasteiger partial charge in [0.1, 0.15) is 34.0 Å². The van der Waals surface area contributed by atoms with Crippen LogP contribution in [0, 0.1) is 0 Å². The van der Waals surface area contributed by atoms with Gasteiger partial charge in [-0.05, 0) is 33.8 Å². The van der Waals surface area contributed by atoms with E-state index >= 15 is 0 Å². The number of nitrogens with zero attached hydrogens (tertiary/aromatic N) is 8. The monoisotopic (exact) mass is 511 g/mol. The smallest absolute Gasteiger partial charge is 0.358 e. The summed E-state index contributed by atoms with van der Waals surface area (Å²) in [5, 5.41) is 22.4. The molecule has 0 bridgehead atoms. The van der Waals surface area contributed by atoms with Gasteiger partial charge in [-0.1, -0.05) is 16.4 Å². The van der Waals surface area contributed by atoms with Crippen LogP contribution < -0.4 is 16.7 Å². The largest absolute Gasteiger partial charge is 0.389 e. The molecule has 0 saturated carbocycles. The van der Waals surface area contributed by atoms with Gasteiger partial charge in [0, 0.05) is 30.8 Å². The SMILES string of the molecule is CC1(C)CC(C2=NNC(=O)N(/N=C/c3cccnc3)C2)=NO1.CC1(C)CC(C2=NNC(=O)N(N)C2)=NO1. The summed E-state index contributed by atoms with van der Waals surface area (Å²) in [6.07, 6.45) is 6.22. The minimum atomic E-state index is -0.419. The number of hydrogen-bond donors (Lipinski definition) is 3. The first-order chi connectivity index (χ1) is 17.5. The fourth-order valence-corrected chi connectivity index (χ4v) is 3.47. The maximum absolute atomic E-state index is 11.8. The average Bonchev–Trinajstić information content (AvgIpc) is 3.42. The molecular weight excluding hydrogens is 482 g/mol. The Hall–Kier alpha value is -4.40. The van der Waals surface area contributed by atoms with Crippen LogP contribution in [0.15, 0.2) is 50.1 Å². The molecule has 0 fully saturated rings. The Balaban J connectivity index is 0.000000186. The second kappa shape index (κ2) is 10.3. The lowest BCUT2D eigenvalue weighted by molar-refractivity contribution is 0.0120. The zero-order valence-corrected chi connectivity index (χ0v) is 21.0. The molecule has 0 atom stereocenters. The van der Waals surface area contributed by atoms with Crippen molar-refractivity contribution in [2.45, 2.75) is 51.7 Å². The van der Waals surface area contributed by atoms with Crippen molar-refractivity contribution in [3.8, 4) is 0 Å². The van der Waals surface area contributed by atoms with E-state index in [1.807, 2.05) is 33.8 Å². The molecule has 1 aromatic rings. The Labute approximate surface area is 213 Å². The summed E-state index contributed by atoms with van der Waals surface area (Å²) in [6, 6.07) is 2.85. The number of amides is 4. The predicted octanol–water partition coefficient (Wildman–Crippen LogP) is 1.15. The summed E-state index contributed by atoms with van der Waals surface area (Å²) in [4.78, 5) is 37.3. The molecule has 4 aliphatic heterocycles. The van der Waals surface area contributed by atoms with Crippen LogP contribution >= 0.6 is 0 Å². The average molecular weight is 512 g/mol. The third kappa shape index (κ3) is 6.63. The van der Waals surface area contributed by atoms with E-state index in [0.717, 1.165) is 22.0 Å². The predicted molar refractivity (Wildman–Crippen MR) is 136 cm³/mol. The molecule has 4 aliphatic rings. The molecule has 0 saturated heterocycles. The molecule has 15 heteroatoms. The Morgan fingerprint density at radius 2 is 1.54 bits per heavy atom. The number of oxime groups is 2. The van der Waals surface area contributed by atoms with Gasteiger partial charge in [-0.3, -0.25) is 9.99 Å². The van der Waals surface area contributed by atoms with Crippen LogP contribution in [0.2, 0.25) is 0 Å². The maximum atomic E-state index is 11.8. The zero-order valence-electron chi connectivity index (χ0n) is 21.0. The van der Waals surface area contributed by atoms with E-state index in [2.05, 4.69) is 41.5 Å². The van der Waals surface area contributed by atoms with Gasteiger partial charge in [0.2, 0.25) is 0 Å². The van der Waals surface area contributed by atoms with Gasteiger partial charge < -0.3 is 9.68 Å². The normalized spacial score (nSPS) is 22.0. The zero-order chi connectivity index (χ0) is 26.6. The van der Waals surface area contributed by atoms with Crippen molar-refractivity contribution in [3.05, 3.63) is 30.1 Å². The molecule has 0 spiro atoms. The Morgan fingerprint density at radius 1 is 0.946 bits per heavy atom. The molecule has 1 aromatic heterocycles. The molecule has 0 unspecified atom stereocenters. The molecular formula is C22H29N11O4. The summed E-state index contributed by atoms with van der Waals surface area (Å²) < 4.78 is 0. The highest BCUT2D eigenvalue weighted by Crippen LogP contribution is 2.24.